The normalized spacial score (nSPS) is 13.1. The molecule has 0 aromatic carbocycles. The zero-order valence-corrected chi connectivity index (χ0v) is 10.4. The molecule has 0 aliphatic rings. The molecule has 90 valence electrons. The van der Waals surface area contributed by atoms with Crippen molar-refractivity contribution in [2.75, 3.05) is 13.1 Å². The van der Waals surface area contributed by atoms with Crippen molar-refractivity contribution in [1.29, 1.82) is 0 Å². The quantitative estimate of drug-likeness (QED) is 0.756. The first kappa shape index (κ1) is 13.1. The maximum Gasteiger partial charge on any atom is 0.0724 e. The minimum Gasteiger partial charge on any atom is -0.330 e. The summed E-state index contributed by atoms with van der Waals surface area (Å²) in [6, 6.07) is 0. The molecule has 0 fully saturated rings. The molecule has 0 aliphatic heterocycles. The molecular weight excluding hydrogens is 200 g/mol. The lowest BCUT2D eigenvalue weighted by atomic mass is 9.96. The number of hydrogen-bond acceptors (Lipinski definition) is 4. The average Bonchev–Trinajstić information content (AvgIpc) is 2.26. The molecule has 4 heteroatoms. The summed E-state index contributed by atoms with van der Waals surface area (Å²) in [5.74, 6) is 1.14. The van der Waals surface area contributed by atoms with Crippen molar-refractivity contribution in [3.63, 3.8) is 0 Å². The van der Waals surface area contributed by atoms with Crippen LogP contribution in [0.25, 0.3) is 0 Å². The van der Waals surface area contributed by atoms with E-state index in [1.807, 2.05) is 13.1 Å². The molecule has 1 unspecified atom stereocenters. The van der Waals surface area contributed by atoms with Crippen molar-refractivity contribution >= 4 is 0 Å². The molecule has 0 saturated carbocycles. The van der Waals surface area contributed by atoms with Crippen molar-refractivity contribution in [2.24, 2.45) is 17.6 Å². The van der Waals surface area contributed by atoms with Gasteiger partial charge < -0.3 is 11.1 Å². The maximum atomic E-state index is 5.71. The molecular formula is C12H22N4. The molecule has 16 heavy (non-hydrogen) atoms. The van der Waals surface area contributed by atoms with Gasteiger partial charge in [0.2, 0.25) is 0 Å². The van der Waals surface area contributed by atoms with Gasteiger partial charge in [0.15, 0.2) is 0 Å². The third-order valence-electron chi connectivity index (χ3n) is 2.79. The maximum absolute atomic E-state index is 5.71. The van der Waals surface area contributed by atoms with E-state index in [2.05, 4.69) is 29.1 Å². The molecule has 1 atom stereocenters. The van der Waals surface area contributed by atoms with Crippen molar-refractivity contribution < 1.29 is 0 Å². The number of nitrogens with one attached hydrogen (secondary N) is 1. The highest BCUT2D eigenvalue weighted by Crippen LogP contribution is 2.07. The first-order chi connectivity index (χ1) is 7.63. The molecule has 1 heterocycles. The van der Waals surface area contributed by atoms with E-state index in [1.54, 1.807) is 6.20 Å². The smallest absolute Gasteiger partial charge is 0.0724 e. The van der Waals surface area contributed by atoms with Crippen LogP contribution in [0, 0.1) is 18.8 Å². The Hall–Kier alpha value is -1.00. The van der Waals surface area contributed by atoms with Crippen LogP contribution in [-0.2, 0) is 6.54 Å². The summed E-state index contributed by atoms with van der Waals surface area (Å²) in [6.45, 7) is 8.76. The van der Waals surface area contributed by atoms with E-state index < -0.39 is 0 Å². The van der Waals surface area contributed by atoms with Gasteiger partial charge in [0.05, 0.1) is 11.4 Å². The van der Waals surface area contributed by atoms with Crippen LogP contribution >= 0.6 is 0 Å². The summed E-state index contributed by atoms with van der Waals surface area (Å²) in [5, 5.41) is 3.37. The van der Waals surface area contributed by atoms with Gasteiger partial charge in [0, 0.05) is 18.9 Å². The van der Waals surface area contributed by atoms with Gasteiger partial charge in [-0.05, 0) is 31.8 Å². The van der Waals surface area contributed by atoms with Crippen LogP contribution in [-0.4, -0.2) is 23.1 Å². The second-order valence-corrected chi connectivity index (χ2v) is 4.52. The fourth-order valence-electron chi connectivity index (χ4n) is 1.49. The lowest BCUT2D eigenvalue weighted by Crippen LogP contribution is -2.31. The standard InChI is InChI=1S/C12H22N4/c1-9(2)11(4-13)6-14-7-12-8-15-10(3)5-16-12/h5,8-9,11,14H,4,6-7,13H2,1-3H3. The van der Waals surface area contributed by atoms with Crippen LogP contribution in [0.3, 0.4) is 0 Å². The van der Waals surface area contributed by atoms with Crippen LogP contribution in [0.1, 0.15) is 25.2 Å². The second kappa shape index (κ2) is 6.55. The highest BCUT2D eigenvalue weighted by atomic mass is 14.9. The van der Waals surface area contributed by atoms with Gasteiger partial charge >= 0.3 is 0 Å². The van der Waals surface area contributed by atoms with Crippen molar-refractivity contribution in [3.8, 4) is 0 Å². The summed E-state index contributed by atoms with van der Waals surface area (Å²) < 4.78 is 0. The molecule has 0 radical (unpaired) electrons. The Bertz CT molecular complexity index is 294. The summed E-state index contributed by atoms with van der Waals surface area (Å²) in [4.78, 5) is 8.49. The largest absolute Gasteiger partial charge is 0.330 e. The van der Waals surface area contributed by atoms with Gasteiger partial charge in [-0.15, -0.1) is 0 Å². The van der Waals surface area contributed by atoms with Gasteiger partial charge in [-0.2, -0.15) is 0 Å². The van der Waals surface area contributed by atoms with E-state index in [1.165, 1.54) is 0 Å². The molecule has 0 spiro atoms. The molecule has 0 aliphatic carbocycles. The summed E-state index contributed by atoms with van der Waals surface area (Å²) in [5.41, 5.74) is 7.63. The predicted octanol–water partition coefficient (Wildman–Crippen LogP) is 1.11. The zero-order valence-electron chi connectivity index (χ0n) is 10.4. The van der Waals surface area contributed by atoms with Crippen molar-refractivity contribution in [1.82, 2.24) is 15.3 Å². The Morgan fingerprint density at radius 1 is 1.31 bits per heavy atom. The number of nitrogens with two attached hydrogens (primary N) is 1. The average molecular weight is 222 g/mol. The number of aromatic nitrogens is 2. The molecule has 0 bridgehead atoms. The predicted molar refractivity (Wildman–Crippen MR) is 65.9 cm³/mol. The van der Waals surface area contributed by atoms with Gasteiger partial charge in [-0.25, -0.2) is 0 Å². The van der Waals surface area contributed by atoms with E-state index >= 15 is 0 Å². The van der Waals surface area contributed by atoms with Crippen LogP contribution in [0.5, 0.6) is 0 Å². The molecule has 0 saturated heterocycles. The molecule has 3 N–H and O–H groups in total. The lowest BCUT2D eigenvalue weighted by molar-refractivity contribution is 0.370. The SMILES string of the molecule is Cc1cnc(CNCC(CN)C(C)C)cn1. The van der Waals surface area contributed by atoms with E-state index in [0.29, 0.717) is 11.8 Å². The number of nitrogens with zero attached hydrogens (tertiary/aromatic N) is 2. The Balaban J connectivity index is 2.32. The fraction of sp³-hybridized carbons (Fsp3) is 0.667. The molecule has 1 aromatic rings. The minimum absolute atomic E-state index is 0.526. The van der Waals surface area contributed by atoms with Crippen LogP contribution in [0.4, 0.5) is 0 Å². The number of rotatable bonds is 6. The van der Waals surface area contributed by atoms with E-state index in [-0.39, 0.29) is 0 Å². The Kier molecular flexibility index (Phi) is 5.35. The van der Waals surface area contributed by atoms with Gasteiger partial charge in [-0.1, -0.05) is 13.8 Å². The summed E-state index contributed by atoms with van der Waals surface area (Å²) in [6.07, 6.45) is 3.61. The van der Waals surface area contributed by atoms with E-state index in [0.717, 1.165) is 31.0 Å². The highest BCUT2D eigenvalue weighted by molar-refractivity contribution is 5.00. The van der Waals surface area contributed by atoms with Gasteiger partial charge in [-0.3, -0.25) is 9.97 Å². The zero-order chi connectivity index (χ0) is 12.0. The topological polar surface area (TPSA) is 63.8 Å². The Labute approximate surface area is 97.7 Å². The van der Waals surface area contributed by atoms with Crippen LogP contribution in [0.2, 0.25) is 0 Å². The van der Waals surface area contributed by atoms with Gasteiger partial charge in [0.1, 0.15) is 0 Å². The molecule has 1 rings (SSSR count). The third kappa shape index (κ3) is 4.24. The number of hydrogen-bond donors (Lipinski definition) is 2. The highest BCUT2D eigenvalue weighted by Gasteiger charge is 2.10. The lowest BCUT2D eigenvalue weighted by Gasteiger charge is -2.19. The van der Waals surface area contributed by atoms with Crippen LogP contribution in [0.15, 0.2) is 12.4 Å². The fourth-order valence-corrected chi connectivity index (χ4v) is 1.49. The molecule has 4 nitrogen and oxygen atoms in total. The van der Waals surface area contributed by atoms with Crippen molar-refractivity contribution in [2.45, 2.75) is 27.3 Å². The van der Waals surface area contributed by atoms with E-state index in [4.69, 9.17) is 5.73 Å². The third-order valence-corrected chi connectivity index (χ3v) is 2.79. The van der Waals surface area contributed by atoms with Gasteiger partial charge in [0.25, 0.3) is 0 Å². The second-order valence-electron chi connectivity index (χ2n) is 4.52. The van der Waals surface area contributed by atoms with Crippen LogP contribution < -0.4 is 11.1 Å². The molecule has 1 aromatic heterocycles. The summed E-state index contributed by atoms with van der Waals surface area (Å²) >= 11 is 0. The monoisotopic (exact) mass is 222 g/mol. The van der Waals surface area contributed by atoms with E-state index in [9.17, 15) is 0 Å². The van der Waals surface area contributed by atoms with Crippen molar-refractivity contribution in [3.05, 3.63) is 23.8 Å². The minimum atomic E-state index is 0.526. The summed E-state index contributed by atoms with van der Waals surface area (Å²) in [7, 11) is 0. The Morgan fingerprint density at radius 2 is 2.06 bits per heavy atom. The first-order valence-electron chi connectivity index (χ1n) is 5.81. The first-order valence-corrected chi connectivity index (χ1v) is 5.81. The Morgan fingerprint density at radius 3 is 2.56 bits per heavy atom. The number of aryl methyl sites for hydroxylation is 1. The molecule has 0 amide bonds.